The molecule has 0 saturated heterocycles. The van der Waals surface area contributed by atoms with E-state index in [1.54, 1.807) is 0 Å². The number of fused-ring (bicyclic) bond motifs is 1. The van der Waals surface area contributed by atoms with Gasteiger partial charge in [-0.05, 0) is 24.1 Å². The lowest BCUT2D eigenvalue weighted by Gasteiger charge is -2.27. The second kappa shape index (κ2) is 4.77. The van der Waals surface area contributed by atoms with Gasteiger partial charge in [0.15, 0.2) is 0 Å². The van der Waals surface area contributed by atoms with E-state index in [-0.39, 0.29) is 0 Å². The molecule has 2 heteroatoms. The Bertz CT molecular complexity index is 320. The van der Waals surface area contributed by atoms with Gasteiger partial charge < -0.3 is 10.6 Å². The predicted octanol–water partition coefficient (Wildman–Crippen LogP) is 1.87. The van der Waals surface area contributed by atoms with Gasteiger partial charge in [0, 0.05) is 18.6 Å². The van der Waals surface area contributed by atoms with Crippen molar-refractivity contribution in [2.75, 3.05) is 13.1 Å². The van der Waals surface area contributed by atoms with E-state index in [4.69, 9.17) is 0 Å². The Labute approximate surface area is 92.1 Å². The van der Waals surface area contributed by atoms with Gasteiger partial charge in [0.05, 0.1) is 0 Å². The first-order valence-electron chi connectivity index (χ1n) is 5.82. The molecule has 82 valence electrons. The van der Waals surface area contributed by atoms with E-state index in [1.807, 2.05) is 0 Å². The second-order valence-corrected chi connectivity index (χ2v) is 4.52. The fourth-order valence-electron chi connectivity index (χ4n) is 2.13. The molecule has 1 aromatic carbocycles. The summed E-state index contributed by atoms with van der Waals surface area (Å²) < 4.78 is 0. The van der Waals surface area contributed by atoms with E-state index in [9.17, 15) is 0 Å². The first kappa shape index (κ1) is 10.7. The van der Waals surface area contributed by atoms with E-state index in [0.29, 0.717) is 12.1 Å². The maximum atomic E-state index is 3.57. The van der Waals surface area contributed by atoms with Crippen molar-refractivity contribution in [2.45, 2.75) is 32.4 Å². The Kier molecular flexibility index (Phi) is 3.39. The number of rotatable bonds is 3. The summed E-state index contributed by atoms with van der Waals surface area (Å²) in [5.41, 5.74) is 2.98. The van der Waals surface area contributed by atoms with Crippen molar-refractivity contribution >= 4 is 0 Å². The Morgan fingerprint density at radius 3 is 3.00 bits per heavy atom. The highest BCUT2D eigenvalue weighted by Gasteiger charge is 2.18. The molecule has 15 heavy (non-hydrogen) atoms. The molecule has 0 aromatic heterocycles. The number of hydrogen-bond donors (Lipinski definition) is 2. The Hall–Kier alpha value is -0.860. The van der Waals surface area contributed by atoms with Gasteiger partial charge in [-0.15, -0.1) is 0 Å². The van der Waals surface area contributed by atoms with Gasteiger partial charge >= 0.3 is 0 Å². The molecule has 0 spiro atoms. The summed E-state index contributed by atoms with van der Waals surface area (Å²) in [6, 6.07) is 9.80. The lowest BCUT2D eigenvalue weighted by atomic mass is 9.94. The molecule has 1 aliphatic heterocycles. The highest BCUT2D eigenvalue weighted by molar-refractivity contribution is 5.32. The van der Waals surface area contributed by atoms with Crippen LogP contribution in [-0.2, 0) is 6.42 Å². The van der Waals surface area contributed by atoms with Gasteiger partial charge in [-0.1, -0.05) is 38.1 Å². The second-order valence-electron chi connectivity index (χ2n) is 4.52. The molecule has 0 radical (unpaired) electrons. The van der Waals surface area contributed by atoms with Crippen molar-refractivity contribution in [1.82, 2.24) is 10.6 Å². The Morgan fingerprint density at radius 1 is 1.40 bits per heavy atom. The minimum Gasteiger partial charge on any atom is -0.313 e. The van der Waals surface area contributed by atoms with E-state index in [0.717, 1.165) is 19.5 Å². The van der Waals surface area contributed by atoms with Gasteiger partial charge in [-0.2, -0.15) is 0 Å². The van der Waals surface area contributed by atoms with Crippen LogP contribution >= 0.6 is 0 Å². The first-order chi connectivity index (χ1) is 7.27. The van der Waals surface area contributed by atoms with E-state index in [2.05, 4.69) is 48.7 Å². The summed E-state index contributed by atoms with van der Waals surface area (Å²) in [6.07, 6.45) is 1.16. The van der Waals surface area contributed by atoms with E-state index >= 15 is 0 Å². The fraction of sp³-hybridized carbons (Fsp3) is 0.538. The zero-order valence-electron chi connectivity index (χ0n) is 9.59. The highest BCUT2D eigenvalue weighted by Crippen LogP contribution is 2.21. The molecule has 0 unspecified atom stereocenters. The summed E-state index contributed by atoms with van der Waals surface area (Å²) in [5, 5.41) is 7.06. The molecule has 2 N–H and O–H groups in total. The summed E-state index contributed by atoms with van der Waals surface area (Å²) >= 11 is 0. The van der Waals surface area contributed by atoms with Crippen molar-refractivity contribution in [3.8, 4) is 0 Å². The largest absolute Gasteiger partial charge is 0.313 e. The minimum atomic E-state index is 0.484. The topological polar surface area (TPSA) is 24.1 Å². The molecule has 0 amide bonds. The van der Waals surface area contributed by atoms with Gasteiger partial charge in [-0.25, -0.2) is 0 Å². The molecular weight excluding hydrogens is 184 g/mol. The number of nitrogens with one attached hydrogen (secondary N) is 2. The van der Waals surface area contributed by atoms with Crippen molar-refractivity contribution < 1.29 is 0 Å². The summed E-state index contributed by atoms with van der Waals surface area (Å²) in [5.74, 6) is 0. The quantitative estimate of drug-likeness (QED) is 0.785. The number of hydrogen-bond acceptors (Lipinski definition) is 2. The van der Waals surface area contributed by atoms with Crippen LogP contribution in [0.2, 0.25) is 0 Å². The molecule has 2 nitrogen and oxygen atoms in total. The average Bonchev–Trinajstić information content (AvgIpc) is 2.26. The molecule has 0 aliphatic carbocycles. The van der Waals surface area contributed by atoms with Crippen molar-refractivity contribution in [1.29, 1.82) is 0 Å². The molecular formula is C13H20N2. The average molecular weight is 204 g/mol. The van der Waals surface area contributed by atoms with Gasteiger partial charge in [0.2, 0.25) is 0 Å². The van der Waals surface area contributed by atoms with Crippen LogP contribution in [0.3, 0.4) is 0 Å². The van der Waals surface area contributed by atoms with Crippen LogP contribution in [0.5, 0.6) is 0 Å². The highest BCUT2D eigenvalue weighted by atomic mass is 15.0. The van der Waals surface area contributed by atoms with Crippen LogP contribution in [0.4, 0.5) is 0 Å². The summed E-state index contributed by atoms with van der Waals surface area (Å²) in [4.78, 5) is 0. The van der Waals surface area contributed by atoms with Crippen molar-refractivity contribution in [2.24, 2.45) is 0 Å². The van der Waals surface area contributed by atoms with Crippen LogP contribution in [-0.4, -0.2) is 19.1 Å². The van der Waals surface area contributed by atoms with Gasteiger partial charge in [-0.3, -0.25) is 0 Å². The molecule has 1 atom stereocenters. The zero-order chi connectivity index (χ0) is 10.7. The minimum absolute atomic E-state index is 0.484. The monoisotopic (exact) mass is 204 g/mol. The normalized spacial score (nSPS) is 20.3. The summed E-state index contributed by atoms with van der Waals surface area (Å²) in [6.45, 7) is 6.50. The third-order valence-electron chi connectivity index (χ3n) is 2.95. The van der Waals surface area contributed by atoms with Crippen LogP contribution in [0.15, 0.2) is 24.3 Å². The van der Waals surface area contributed by atoms with Crippen LogP contribution in [0.1, 0.15) is 31.0 Å². The molecule has 0 fully saturated rings. The molecule has 0 saturated carbocycles. The Balaban J connectivity index is 2.08. The molecule has 1 aliphatic rings. The lowest BCUT2D eigenvalue weighted by molar-refractivity contribution is 0.447. The smallest absolute Gasteiger partial charge is 0.0449 e. The van der Waals surface area contributed by atoms with Gasteiger partial charge in [0.25, 0.3) is 0 Å². The van der Waals surface area contributed by atoms with Crippen molar-refractivity contribution in [3.63, 3.8) is 0 Å². The molecule has 0 bridgehead atoms. The summed E-state index contributed by atoms with van der Waals surface area (Å²) in [7, 11) is 0. The number of benzene rings is 1. The van der Waals surface area contributed by atoms with E-state index < -0.39 is 0 Å². The molecule has 2 rings (SSSR count). The molecule has 1 aromatic rings. The Morgan fingerprint density at radius 2 is 2.20 bits per heavy atom. The third kappa shape index (κ3) is 2.58. The first-order valence-corrected chi connectivity index (χ1v) is 5.82. The van der Waals surface area contributed by atoms with Gasteiger partial charge in [0.1, 0.15) is 0 Å². The maximum Gasteiger partial charge on any atom is 0.0449 e. The van der Waals surface area contributed by atoms with E-state index in [1.165, 1.54) is 11.1 Å². The van der Waals surface area contributed by atoms with Crippen LogP contribution in [0.25, 0.3) is 0 Å². The standard InChI is InChI=1S/C13H20N2/c1-10(2)15-9-13-12-6-4-3-5-11(12)7-8-14-13/h3-6,10,13-15H,7-9H2,1-2H3/t13-/m0/s1. The fourth-order valence-corrected chi connectivity index (χ4v) is 2.13. The van der Waals surface area contributed by atoms with Crippen LogP contribution in [0, 0.1) is 0 Å². The SMILES string of the molecule is CC(C)NC[C@@H]1NCCc2ccccc21. The molecule has 1 heterocycles. The van der Waals surface area contributed by atoms with Crippen molar-refractivity contribution in [3.05, 3.63) is 35.4 Å². The zero-order valence-corrected chi connectivity index (χ0v) is 9.59. The predicted molar refractivity (Wildman–Crippen MR) is 64.0 cm³/mol. The third-order valence-corrected chi connectivity index (χ3v) is 2.95. The van der Waals surface area contributed by atoms with Crippen LogP contribution < -0.4 is 10.6 Å². The maximum absolute atomic E-state index is 3.57. The lowest BCUT2D eigenvalue weighted by Crippen LogP contribution is -2.38.